The number of non-ortho nitro benzene ring substituents is 1. The molecule has 0 saturated heterocycles. The zero-order valence-corrected chi connectivity index (χ0v) is 9.38. The molecule has 0 bridgehead atoms. The van der Waals surface area contributed by atoms with E-state index in [2.05, 4.69) is 6.07 Å². The van der Waals surface area contributed by atoms with Crippen LogP contribution in [0.2, 0.25) is 0 Å². The summed E-state index contributed by atoms with van der Waals surface area (Å²) in [7, 11) is 4.76. The molecule has 0 unspecified atom stereocenters. The van der Waals surface area contributed by atoms with Gasteiger partial charge in [0.1, 0.15) is 0 Å². The summed E-state index contributed by atoms with van der Waals surface area (Å²) < 4.78 is 0. The fourth-order valence-electron chi connectivity index (χ4n) is 0.500. The Morgan fingerprint density at radius 3 is 2.18 bits per heavy atom. The molecule has 0 saturated carbocycles. The Labute approximate surface area is 78.2 Å². The molecule has 0 aliphatic heterocycles. The van der Waals surface area contributed by atoms with Gasteiger partial charge in [-0.15, -0.1) is 0 Å². The first-order valence-corrected chi connectivity index (χ1v) is 6.58. The van der Waals surface area contributed by atoms with Crippen LogP contribution in [0.15, 0.2) is 24.3 Å². The summed E-state index contributed by atoms with van der Waals surface area (Å²) in [5.74, 6) is 0. The fourth-order valence-corrected chi connectivity index (χ4v) is 0.500. The van der Waals surface area contributed by atoms with E-state index in [9.17, 15) is 10.1 Å². The molecule has 0 N–H and O–H groups in total. The van der Waals surface area contributed by atoms with Gasteiger partial charge in [-0.05, 0) is 0 Å². The van der Waals surface area contributed by atoms with E-state index in [-0.39, 0.29) is 5.69 Å². The first-order chi connectivity index (χ1) is 5.30. The molecule has 1 aromatic rings. The van der Waals surface area contributed by atoms with Gasteiger partial charge in [0.05, 0.1) is 0 Å². The van der Waals surface area contributed by atoms with E-state index in [4.69, 9.17) is 9.69 Å². The Morgan fingerprint density at radius 1 is 1.45 bits per heavy atom. The van der Waals surface area contributed by atoms with Gasteiger partial charge in [0.15, 0.2) is 5.69 Å². The van der Waals surface area contributed by atoms with E-state index in [0.717, 1.165) is 17.3 Å². The SMILES string of the molecule is O=[N+]([O-])c1cc[c-]cc1.[Cl][Zn+]. The van der Waals surface area contributed by atoms with Crippen molar-refractivity contribution in [3.8, 4) is 0 Å². The number of benzene rings is 1. The Balaban J connectivity index is 0.000000461. The molecule has 0 aliphatic carbocycles. The van der Waals surface area contributed by atoms with Gasteiger partial charge in [0.2, 0.25) is 0 Å². The van der Waals surface area contributed by atoms with Crippen LogP contribution in [0, 0.1) is 16.2 Å². The number of hydrogen-bond donors (Lipinski definition) is 0. The Morgan fingerprint density at radius 2 is 1.91 bits per heavy atom. The van der Waals surface area contributed by atoms with Gasteiger partial charge in [-0.3, -0.25) is 10.1 Å². The average molecular weight is 223 g/mol. The van der Waals surface area contributed by atoms with Crippen LogP contribution in [0.4, 0.5) is 5.69 Å². The maximum absolute atomic E-state index is 9.99. The molecule has 1 rings (SSSR count). The Hall–Kier alpha value is -0.467. The number of nitro benzene ring substituents is 1. The number of hydrogen-bond acceptors (Lipinski definition) is 2. The molecule has 1 aromatic carbocycles. The van der Waals surface area contributed by atoms with E-state index in [1.54, 1.807) is 0 Å². The second-order valence-corrected chi connectivity index (χ2v) is 1.52. The molecule has 54 valence electrons. The molecule has 0 fully saturated rings. The fraction of sp³-hybridized carbons (Fsp3) is 0. The van der Waals surface area contributed by atoms with E-state index < -0.39 is 4.92 Å². The van der Waals surface area contributed by atoms with Crippen LogP contribution in [0.5, 0.6) is 0 Å². The summed E-state index contributed by atoms with van der Waals surface area (Å²) in [4.78, 5) is 9.56. The summed E-state index contributed by atoms with van der Waals surface area (Å²) in [5.41, 5.74) is 0.105. The second-order valence-electron chi connectivity index (χ2n) is 1.52. The van der Waals surface area contributed by atoms with Crippen molar-refractivity contribution in [3.05, 3.63) is 40.4 Å². The zero-order chi connectivity index (χ0) is 8.69. The molecule has 0 aliphatic rings. The van der Waals surface area contributed by atoms with Crippen LogP contribution < -0.4 is 0 Å². The molecule has 0 amide bonds. The molecule has 0 atom stereocenters. The molecule has 0 spiro atoms. The third kappa shape index (κ3) is 4.07. The van der Waals surface area contributed by atoms with Crippen LogP contribution in [0.1, 0.15) is 0 Å². The molecule has 0 aromatic heterocycles. The van der Waals surface area contributed by atoms with E-state index in [1.165, 1.54) is 24.3 Å². The monoisotopic (exact) mass is 221 g/mol. The third-order valence-electron chi connectivity index (χ3n) is 0.911. The summed E-state index contributed by atoms with van der Waals surface area (Å²) in [6, 6.07) is 8.51. The maximum atomic E-state index is 9.99. The summed E-state index contributed by atoms with van der Waals surface area (Å²) in [6.07, 6.45) is 0. The van der Waals surface area contributed by atoms with Crippen LogP contribution in [-0.4, -0.2) is 4.92 Å². The van der Waals surface area contributed by atoms with Crippen molar-refractivity contribution in [2.75, 3.05) is 0 Å². The standard InChI is InChI=1S/C6H4NO2.ClH.Zn/c8-7(9)6-4-2-1-3-5-6;;/h2-5H;1H;/q-1;;+2/p-1. The van der Waals surface area contributed by atoms with Crippen LogP contribution >= 0.6 is 9.69 Å². The topological polar surface area (TPSA) is 43.1 Å². The van der Waals surface area contributed by atoms with Crippen LogP contribution in [-0.2, 0) is 17.3 Å². The molecule has 3 nitrogen and oxygen atoms in total. The summed E-state index contributed by atoms with van der Waals surface area (Å²) >= 11 is 0.847. The first kappa shape index (κ1) is 10.5. The van der Waals surface area contributed by atoms with Gasteiger partial charge >= 0.3 is 27.0 Å². The zero-order valence-electron chi connectivity index (χ0n) is 5.66. The van der Waals surface area contributed by atoms with Crippen molar-refractivity contribution in [1.29, 1.82) is 0 Å². The molecule has 5 heteroatoms. The van der Waals surface area contributed by atoms with Crippen molar-refractivity contribution < 1.29 is 22.2 Å². The minimum absolute atomic E-state index is 0.105. The van der Waals surface area contributed by atoms with Gasteiger partial charge in [-0.2, -0.15) is 18.2 Å². The number of nitro groups is 1. The summed E-state index contributed by atoms with van der Waals surface area (Å²) in [6.45, 7) is 0. The molecular weight excluding hydrogens is 219 g/mol. The number of rotatable bonds is 1. The molecule has 0 heterocycles. The quantitative estimate of drug-likeness (QED) is 0.316. The van der Waals surface area contributed by atoms with Gasteiger partial charge in [-0.25, -0.2) is 0 Å². The van der Waals surface area contributed by atoms with Crippen LogP contribution in [0.25, 0.3) is 0 Å². The predicted octanol–water partition coefficient (Wildman–Crippen LogP) is 2.08. The minimum atomic E-state index is -0.437. The predicted molar refractivity (Wildman–Crippen MR) is 37.8 cm³/mol. The van der Waals surface area contributed by atoms with Gasteiger partial charge in [0.25, 0.3) is 0 Å². The third-order valence-corrected chi connectivity index (χ3v) is 0.911. The van der Waals surface area contributed by atoms with Crippen molar-refractivity contribution >= 4 is 15.4 Å². The Kier molecular flexibility index (Phi) is 5.99. The van der Waals surface area contributed by atoms with Gasteiger partial charge in [0, 0.05) is 4.92 Å². The van der Waals surface area contributed by atoms with Crippen molar-refractivity contribution in [2.45, 2.75) is 0 Å². The average Bonchev–Trinajstić information content (AvgIpc) is 2.10. The second kappa shape index (κ2) is 6.26. The number of halogens is 1. The van der Waals surface area contributed by atoms with E-state index in [1.807, 2.05) is 0 Å². The van der Waals surface area contributed by atoms with Crippen molar-refractivity contribution in [3.63, 3.8) is 0 Å². The summed E-state index contributed by atoms with van der Waals surface area (Å²) in [5, 5.41) is 9.99. The van der Waals surface area contributed by atoms with Crippen LogP contribution in [0.3, 0.4) is 0 Å². The first-order valence-electron chi connectivity index (χ1n) is 2.68. The number of nitrogens with zero attached hydrogens (tertiary/aromatic N) is 1. The van der Waals surface area contributed by atoms with E-state index >= 15 is 0 Å². The normalized spacial score (nSPS) is 7.91. The Bertz CT molecular complexity index is 217. The molecular formula is C6H4ClNO2Zn. The van der Waals surface area contributed by atoms with Crippen molar-refractivity contribution in [1.82, 2.24) is 0 Å². The van der Waals surface area contributed by atoms with Gasteiger partial charge < -0.3 is 0 Å². The van der Waals surface area contributed by atoms with E-state index in [0.29, 0.717) is 0 Å². The van der Waals surface area contributed by atoms with Crippen molar-refractivity contribution in [2.24, 2.45) is 0 Å². The molecule has 0 radical (unpaired) electrons. The molecule has 11 heavy (non-hydrogen) atoms. The van der Waals surface area contributed by atoms with Gasteiger partial charge in [-0.1, -0.05) is 12.1 Å².